The van der Waals surface area contributed by atoms with Crippen LogP contribution in [0.2, 0.25) is 0 Å². The zero-order valence-electron chi connectivity index (χ0n) is 8.76. The predicted octanol–water partition coefficient (Wildman–Crippen LogP) is 2.44. The maximum absolute atomic E-state index is 4.15. The van der Waals surface area contributed by atoms with E-state index in [4.69, 9.17) is 0 Å². The largest absolute Gasteiger partial charge is 0.257 e. The fraction of sp³-hybridized carbons (Fsp3) is 0.455. The Bertz CT molecular complexity index is 277. The van der Waals surface area contributed by atoms with Gasteiger partial charge in [0.2, 0.25) is 0 Å². The minimum atomic E-state index is 0.740. The van der Waals surface area contributed by atoms with E-state index >= 15 is 0 Å². The summed E-state index contributed by atoms with van der Waals surface area (Å²) in [5.74, 6) is 5.60. The standard InChI is InChI=1S/C9H10N2.C2H6/c1-3-5-9-7-10-8(4-2)6-11-9;1-2/h6-7H,4H2,1-2H3;1-2H3. The molecule has 1 aromatic heterocycles. The van der Waals surface area contributed by atoms with Crippen LogP contribution in [0, 0.1) is 11.8 Å². The molecule has 0 aliphatic rings. The van der Waals surface area contributed by atoms with Crippen LogP contribution >= 0.6 is 0 Å². The van der Waals surface area contributed by atoms with Crippen LogP contribution in [0.25, 0.3) is 0 Å². The van der Waals surface area contributed by atoms with E-state index in [-0.39, 0.29) is 0 Å². The van der Waals surface area contributed by atoms with Crippen molar-refractivity contribution in [3.05, 3.63) is 23.8 Å². The van der Waals surface area contributed by atoms with E-state index in [0.29, 0.717) is 0 Å². The number of hydrogen-bond donors (Lipinski definition) is 0. The Morgan fingerprint density at radius 1 is 1.23 bits per heavy atom. The number of rotatable bonds is 1. The van der Waals surface area contributed by atoms with Gasteiger partial charge in [-0.2, -0.15) is 0 Å². The van der Waals surface area contributed by atoms with Crippen molar-refractivity contribution < 1.29 is 0 Å². The molecule has 1 rings (SSSR count). The van der Waals surface area contributed by atoms with E-state index in [1.54, 1.807) is 19.3 Å². The first-order valence-electron chi connectivity index (χ1n) is 4.60. The van der Waals surface area contributed by atoms with Crippen LogP contribution in [0.15, 0.2) is 12.4 Å². The van der Waals surface area contributed by atoms with Gasteiger partial charge in [0.1, 0.15) is 5.69 Å². The van der Waals surface area contributed by atoms with E-state index in [1.165, 1.54) is 0 Å². The maximum Gasteiger partial charge on any atom is 0.131 e. The quantitative estimate of drug-likeness (QED) is 0.614. The molecule has 70 valence electrons. The molecule has 0 aromatic carbocycles. The van der Waals surface area contributed by atoms with Crippen molar-refractivity contribution >= 4 is 0 Å². The first kappa shape index (κ1) is 11.6. The highest BCUT2D eigenvalue weighted by molar-refractivity contribution is 5.24. The Hall–Kier alpha value is -1.36. The fourth-order valence-corrected chi connectivity index (χ4v) is 0.730. The Kier molecular flexibility index (Phi) is 6.53. The molecule has 1 heterocycles. The summed E-state index contributed by atoms with van der Waals surface area (Å²) in [6.07, 6.45) is 4.39. The normalized spacial score (nSPS) is 7.69. The predicted molar refractivity (Wildman–Crippen MR) is 55.3 cm³/mol. The Balaban J connectivity index is 0.000000671. The number of aromatic nitrogens is 2. The van der Waals surface area contributed by atoms with Crippen LogP contribution in [0.4, 0.5) is 0 Å². The first-order chi connectivity index (χ1) is 6.36. The molecule has 0 saturated heterocycles. The summed E-state index contributed by atoms with van der Waals surface area (Å²) in [6, 6.07) is 0. The van der Waals surface area contributed by atoms with Gasteiger partial charge in [0.15, 0.2) is 0 Å². The average molecular weight is 176 g/mol. The SMILES string of the molecule is CC.CC#Cc1cnc(CC)cn1. The maximum atomic E-state index is 4.15. The molecule has 0 atom stereocenters. The van der Waals surface area contributed by atoms with Crippen molar-refractivity contribution in [2.75, 3.05) is 0 Å². The molecule has 0 amide bonds. The molecule has 2 nitrogen and oxygen atoms in total. The van der Waals surface area contributed by atoms with Gasteiger partial charge >= 0.3 is 0 Å². The summed E-state index contributed by atoms with van der Waals surface area (Å²) >= 11 is 0. The van der Waals surface area contributed by atoms with E-state index in [0.717, 1.165) is 17.8 Å². The summed E-state index contributed by atoms with van der Waals surface area (Å²) in [6.45, 7) is 7.84. The van der Waals surface area contributed by atoms with Crippen molar-refractivity contribution in [1.82, 2.24) is 9.97 Å². The minimum absolute atomic E-state index is 0.740. The summed E-state index contributed by atoms with van der Waals surface area (Å²) in [5, 5.41) is 0. The average Bonchev–Trinajstić information content (AvgIpc) is 2.23. The van der Waals surface area contributed by atoms with Gasteiger partial charge in [-0.05, 0) is 19.3 Å². The minimum Gasteiger partial charge on any atom is -0.257 e. The molecule has 1 aromatic rings. The van der Waals surface area contributed by atoms with Crippen molar-refractivity contribution in [2.24, 2.45) is 0 Å². The second kappa shape index (κ2) is 7.30. The van der Waals surface area contributed by atoms with Crippen LogP contribution < -0.4 is 0 Å². The molecular formula is C11H16N2. The molecule has 0 radical (unpaired) electrons. The number of nitrogens with zero attached hydrogens (tertiary/aromatic N) is 2. The van der Waals surface area contributed by atoms with Crippen LogP contribution in [-0.4, -0.2) is 9.97 Å². The summed E-state index contributed by atoms with van der Waals surface area (Å²) in [5.41, 5.74) is 1.75. The summed E-state index contributed by atoms with van der Waals surface area (Å²) in [4.78, 5) is 8.25. The van der Waals surface area contributed by atoms with Crippen molar-refractivity contribution in [1.29, 1.82) is 0 Å². The van der Waals surface area contributed by atoms with Gasteiger partial charge in [0, 0.05) is 6.20 Å². The number of aryl methyl sites for hydroxylation is 1. The summed E-state index contributed by atoms with van der Waals surface area (Å²) in [7, 11) is 0. The van der Waals surface area contributed by atoms with Crippen LogP contribution in [0.1, 0.15) is 39.1 Å². The Morgan fingerprint density at radius 2 is 1.92 bits per heavy atom. The van der Waals surface area contributed by atoms with E-state index in [1.807, 2.05) is 13.8 Å². The molecule has 0 spiro atoms. The highest BCUT2D eigenvalue weighted by Crippen LogP contribution is 1.93. The van der Waals surface area contributed by atoms with Gasteiger partial charge in [0.05, 0.1) is 11.9 Å². The third kappa shape index (κ3) is 4.27. The molecular weight excluding hydrogens is 160 g/mol. The molecule has 0 bridgehead atoms. The van der Waals surface area contributed by atoms with Gasteiger partial charge in [0.25, 0.3) is 0 Å². The third-order valence-corrected chi connectivity index (χ3v) is 1.32. The van der Waals surface area contributed by atoms with Crippen LogP contribution in [-0.2, 0) is 6.42 Å². The van der Waals surface area contributed by atoms with E-state index in [9.17, 15) is 0 Å². The van der Waals surface area contributed by atoms with Crippen LogP contribution in [0.3, 0.4) is 0 Å². The molecule has 2 heteroatoms. The van der Waals surface area contributed by atoms with Crippen molar-refractivity contribution in [2.45, 2.75) is 34.1 Å². The Labute approximate surface area is 80.4 Å². The van der Waals surface area contributed by atoms with E-state index in [2.05, 4.69) is 28.7 Å². The lowest BCUT2D eigenvalue weighted by Gasteiger charge is -1.92. The van der Waals surface area contributed by atoms with Gasteiger partial charge in [-0.15, -0.1) is 0 Å². The monoisotopic (exact) mass is 176 g/mol. The molecule has 0 unspecified atom stereocenters. The fourth-order valence-electron chi connectivity index (χ4n) is 0.730. The molecule has 0 aliphatic carbocycles. The second-order valence-corrected chi connectivity index (χ2v) is 2.12. The van der Waals surface area contributed by atoms with Gasteiger partial charge in [-0.1, -0.05) is 26.7 Å². The van der Waals surface area contributed by atoms with Crippen molar-refractivity contribution in [3.8, 4) is 11.8 Å². The molecule has 0 fully saturated rings. The molecule has 0 saturated carbocycles. The lowest BCUT2D eigenvalue weighted by Crippen LogP contribution is -1.90. The van der Waals surface area contributed by atoms with E-state index < -0.39 is 0 Å². The highest BCUT2D eigenvalue weighted by atomic mass is 14.8. The van der Waals surface area contributed by atoms with Gasteiger partial charge in [-0.25, -0.2) is 4.98 Å². The highest BCUT2D eigenvalue weighted by Gasteiger charge is 1.90. The van der Waals surface area contributed by atoms with Crippen LogP contribution in [0.5, 0.6) is 0 Å². The topological polar surface area (TPSA) is 25.8 Å². The number of hydrogen-bond acceptors (Lipinski definition) is 2. The summed E-state index contributed by atoms with van der Waals surface area (Å²) < 4.78 is 0. The zero-order chi connectivity index (χ0) is 10.1. The first-order valence-corrected chi connectivity index (χ1v) is 4.60. The second-order valence-electron chi connectivity index (χ2n) is 2.12. The molecule has 0 aliphatic heterocycles. The lowest BCUT2D eigenvalue weighted by atomic mass is 10.3. The lowest BCUT2D eigenvalue weighted by molar-refractivity contribution is 0.993. The zero-order valence-corrected chi connectivity index (χ0v) is 8.76. The third-order valence-electron chi connectivity index (χ3n) is 1.32. The van der Waals surface area contributed by atoms with Gasteiger partial charge < -0.3 is 0 Å². The smallest absolute Gasteiger partial charge is 0.131 e. The molecule has 0 N–H and O–H groups in total. The molecule has 13 heavy (non-hydrogen) atoms. The Morgan fingerprint density at radius 3 is 2.31 bits per heavy atom. The van der Waals surface area contributed by atoms with Gasteiger partial charge in [-0.3, -0.25) is 4.98 Å². The van der Waals surface area contributed by atoms with Crippen molar-refractivity contribution in [3.63, 3.8) is 0 Å².